The van der Waals surface area contributed by atoms with Gasteiger partial charge in [0.1, 0.15) is 17.1 Å². The minimum atomic E-state index is -0.248. The molecular weight excluding hydrogens is 368 g/mol. The summed E-state index contributed by atoms with van der Waals surface area (Å²) in [6.07, 6.45) is 1.60. The fourth-order valence-electron chi connectivity index (χ4n) is 3.57. The molecule has 7 heteroatoms. The van der Waals surface area contributed by atoms with Crippen LogP contribution in [-0.2, 0) is 12.0 Å². The average Bonchev–Trinajstić information content (AvgIpc) is 3.27. The number of aromatic amines is 1. The average molecular weight is 392 g/mol. The first-order valence-electron chi connectivity index (χ1n) is 9.38. The predicted octanol–water partition coefficient (Wildman–Crippen LogP) is 3.92. The van der Waals surface area contributed by atoms with Crippen molar-refractivity contribution in [3.05, 3.63) is 53.9 Å². The Bertz CT molecular complexity index is 1170. The topological polar surface area (TPSA) is 96.2 Å². The van der Waals surface area contributed by atoms with Crippen molar-refractivity contribution in [3.8, 4) is 28.7 Å². The van der Waals surface area contributed by atoms with Gasteiger partial charge in [0.2, 0.25) is 5.88 Å². The van der Waals surface area contributed by atoms with Crippen LogP contribution in [-0.4, -0.2) is 37.1 Å². The van der Waals surface area contributed by atoms with Crippen LogP contribution < -0.4 is 4.74 Å². The van der Waals surface area contributed by atoms with E-state index in [-0.39, 0.29) is 17.9 Å². The Hall–Kier alpha value is -3.32. The molecule has 0 unspecified atom stereocenters. The standard InChI is InChI=1S/C22H24N4O3/c1-22(2,3)20-17-18(24-25-20)21(28)26(16-10-9-13(12-27)11-23-16)19(17)14-7-5-6-8-15(14)29-4/h5-11,24,27-28H,12H2,1-4H3. The smallest absolute Gasteiger partial charge is 0.224 e. The Balaban J connectivity index is 2.12. The maximum Gasteiger partial charge on any atom is 0.224 e. The van der Waals surface area contributed by atoms with E-state index >= 15 is 0 Å². The second kappa shape index (κ2) is 6.93. The van der Waals surface area contributed by atoms with E-state index in [1.54, 1.807) is 30.0 Å². The van der Waals surface area contributed by atoms with Gasteiger partial charge in [-0.3, -0.25) is 9.67 Å². The lowest BCUT2D eigenvalue weighted by Crippen LogP contribution is -2.13. The van der Waals surface area contributed by atoms with Gasteiger partial charge >= 0.3 is 0 Å². The van der Waals surface area contributed by atoms with E-state index in [0.717, 1.165) is 22.3 Å². The molecule has 150 valence electrons. The molecule has 29 heavy (non-hydrogen) atoms. The molecule has 0 amide bonds. The number of pyridine rings is 1. The number of nitrogens with one attached hydrogen (secondary N) is 1. The van der Waals surface area contributed by atoms with Gasteiger partial charge in [-0.25, -0.2) is 4.98 Å². The zero-order valence-corrected chi connectivity index (χ0v) is 16.9. The van der Waals surface area contributed by atoms with E-state index in [1.165, 1.54) is 0 Å². The highest BCUT2D eigenvalue weighted by Crippen LogP contribution is 2.45. The van der Waals surface area contributed by atoms with Crippen molar-refractivity contribution in [2.24, 2.45) is 0 Å². The lowest BCUT2D eigenvalue weighted by molar-refractivity contribution is 0.281. The molecule has 7 nitrogen and oxygen atoms in total. The van der Waals surface area contributed by atoms with Crippen LogP contribution in [0, 0.1) is 0 Å². The predicted molar refractivity (Wildman–Crippen MR) is 111 cm³/mol. The van der Waals surface area contributed by atoms with Crippen molar-refractivity contribution in [1.29, 1.82) is 0 Å². The number of H-pyrrole nitrogens is 1. The van der Waals surface area contributed by atoms with Crippen molar-refractivity contribution < 1.29 is 14.9 Å². The molecular formula is C22H24N4O3. The van der Waals surface area contributed by atoms with Gasteiger partial charge in [-0.2, -0.15) is 5.10 Å². The van der Waals surface area contributed by atoms with Gasteiger partial charge in [0.15, 0.2) is 0 Å². The molecule has 0 aliphatic carbocycles. The van der Waals surface area contributed by atoms with Gasteiger partial charge in [-0.05, 0) is 23.8 Å². The van der Waals surface area contributed by atoms with E-state index in [2.05, 4.69) is 36.0 Å². The van der Waals surface area contributed by atoms with Crippen LogP contribution >= 0.6 is 0 Å². The molecule has 0 fully saturated rings. The molecule has 0 bridgehead atoms. The summed E-state index contributed by atoms with van der Waals surface area (Å²) >= 11 is 0. The number of ether oxygens (including phenoxy) is 1. The number of hydrogen-bond donors (Lipinski definition) is 3. The summed E-state index contributed by atoms with van der Waals surface area (Å²) in [7, 11) is 1.62. The number of fused-ring (bicyclic) bond motifs is 1. The number of aromatic nitrogens is 4. The highest BCUT2D eigenvalue weighted by molar-refractivity contribution is 6.02. The Labute approximate surface area is 168 Å². The van der Waals surface area contributed by atoms with E-state index in [4.69, 9.17) is 4.74 Å². The fourth-order valence-corrected chi connectivity index (χ4v) is 3.57. The minimum absolute atomic E-state index is 0.0214. The Morgan fingerprint density at radius 2 is 1.90 bits per heavy atom. The third-order valence-corrected chi connectivity index (χ3v) is 4.96. The first-order valence-corrected chi connectivity index (χ1v) is 9.38. The summed E-state index contributed by atoms with van der Waals surface area (Å²) in [5, 5.41) is 28.8. The summed E-state index contributed by atoms with van der Waals surface area (Å²) < 4.78 is 7.30. The van der Waals surface area contributed by atoms with Crippen LogP contribution in [0.15, 0.2) is 42.6 Å². The van der Waals surface area contributed by atoms with Gasteiger partial charge in [0, 0.05) is 17.2 Å². The van der Waals surface area contributed by atoms with Gasteiger partial charge in [-0.15, -0.1) is 0 Å². The molecule has 0 saturated carbocycles. The summed E-state index contributed by atoms with van der Waals surface area (Å²) in [5.74, 6) is 1.24. The first kappa shape index (κ1) is 19.0. The number of rotatable bonds is 4. The molecule has 0 atom stereocenters. The van der Waals surface area contributed by atoms with Crippen molar-refractivity contribution >= 4 is 10.9 Å². The number of nitrogens with zero attached hydrogens (tertiary/aromatic N) is 3. The van der Waals surface area contributed by atoms with Crippen molar-refractivity contribution in [2.45, 2.75) is 32.8 Å². The molecule has 0 aliphatic rings. The van der Waals surface area contributed by atoms with Crippen LogP contribution in [0.3, 0.4) is 0 Å². The zero-order valence-electron chi connectivity index (χ0n) is 16.9. The number of aromatic hydroxyl groups is 1. The summed E-state index contributed by atoms with van der Waals surface area (Å²) in [6, 6.07) is 11.2. The van der Waals surface area contributed by atoms with Crippen LogP contribution in [0.4, 0.5) is 0 Å². The van der Waals surface area contributed by atoms with Crippen molar-refractivity contribution in [3.63, 3.8) is 0 Å². The second-order valence-electron chi connectivity index (χ2n) is 7.96. The Morgan fingerprint density at radius 3 is 2.52 bits per heavy atom. The van der Waals surface area contributed by atoms with Gasteiger partial charge in [-0.1, -0.05) is 39.0 Å². The van der Waals surface area contributed by atoms with E-state index < -0.39 is 0 Å². The Kier molecular flexibility index (Phi) is 4.55. The maximum atomic E-state index is 11.1. The SMILES string of the molecule is COc1ccccc1-c1c2c(C(C)(C)C)n[nH]c2c(O)n1-c1ccc(CO)cn1. The fraction of sp³-hybridized carbons (Fsp3) is 0.273. The highest BCUT2D eigenvalue weighted by atomic mass is 16.5. The molecule has 3 N–H and O–H groups in total. The Morgan fingerprint density at radius 1 is 1.14 bits per heavy atom. The quantitative estimate of drug-likeness (QED) is 0.489. The number of benzene rings is 1. The third kappa shape index (κ3) is 3.03. The second-order valence-corrected chi connectivity index (χ2v) is 7.96. The number of aliphatic hydroxyl groups excluding tert-OH is 1. The van der Waals surface area contributed by atoms with Crippen LogP contribution in [0.1, 0.15) is 32.0 Å². The van der Waals surface area contributed by atoms with Crippen LogP contribution in [0.5, 0.6) is 11.6 Å². The molecule has 0 aliphatic heterocycles. The molecule has 4 rings (SSSR count). The zero-order chi connectivity index (χ0) is 20.8. The first-order chi connectivity index (χ1) is 13.9. The molecule has 3 aromatic heterocycles. The van der Waals surface area contributed by atoms with Gasteiger partial charge in [0.05, 0.1) is 30.5 Å². The van der Waals surface area contributed by atoms with E-state index in [0.29, 0.717) is 22.6 Å². The number of aliphatic hydroxyl groups is 1. The van der Waals surface area contributed by atoms with Crippen LogP contribution in [0.2, 0.25) is 0 Å². The number of methoxy groups -OCH3 is 1. The third-order valence-electron chi connectivity index (χ3n) is 4.96. The molecule has 1 aromatic carbocycles. The molecule has 0 radical (unpaired) electrons. The largest absolute Gasteiger partial charge is 0.496 e. The van der Waals surface area contributed by atoms with E-state index in [1.807, 2.05) is 24.3 Å². The normalized spacial score (nSPS) is 11.9. The maximum absolute atomic E-state index is 11.1. The van der Waals surface area contributed by atoms with Gasteiger partial charge in [0.25, 0.3) is 0 Å². The number of hydrogen-bond acceptors (Lipinski definition) is 5. The monoisotopic (exact) mass is 392 g/mol. The summed E-state index contributed by atoms with van der Waals surface area (Å²) in [5.41, 5.74) is 3.40. The highest BCUT2D eigenvalue weighted by Gasteiger charge is 2.30. The summed E-state index contributed by atoms with van der Waals surface area (Å²) in [4.78, 5) is 4.46. The summed E-state index contributed by atoms with van der Waals surface area (Å²) in [6.45, 7) is 6.15. The molecule has 3 heterocycles. The lowest BCUT2D eigenvalue weighted by atomic mass is 9.89. The van der Waals surface area contributed by atoms with Gasteiger partial charge < -0.3 is 14.9 Å². The van der Waals surface area contributed by atoms with Crippen molar-refractivity contribution in [2.75, 3.05) is 7.11 Å². The minimum Gasteiger partial charge on any atom is -0.496 e. The molecule has 0 saturated heterocycles. The number of para-hydroxylation sites is 1. The van der Waals surface area contributed by atoms with Crippen molar-refractivity contribution in [1.82, 2.24) is 19.7 Å². The molecule has 0 spiro atoms. The van der Waals surface area contributed by atoms with E-state index in [9.17, 15) is 10.2 Å². The lowest BCUT2D eigenvalue weighted by Gasteiger charge is -2.18. The van der Waals surface area contributed by atoms with Crippen LogP contribution in [0.25, 0.3) is 28.0 Å². The molecule has 4 aromatic rings.